The molecule has 1 heterocycles. The third-order valence-electron chi connectivity index (χ3n) is 6.47. The molecule has 0 radical (unpaired) electrons. The number of aryl methyl sites for hydroxylation is 1. The number of hydrogen-bond acceptors (Lipinski definition) is 6. The number of esters is 1. The van der Waals surface area contributed by atoms with Gasteiger partial charge in [0.25, 0.3) is 5.91 Å². The molecule has 28 heavy (non-hydrogen) atoms. The van der Waals surface area contributed by atoms with Crippen LogP contribution in [0.2, 0.25) is 0 Å². The van der Waals surface area contributed by atoms with Crippen molar-refractivity contribution in [2.45, 2.75) is 70.9 Å². The Balaban J connectivity index is 1.45. The Hall–Kier alpha value is -2.38. The number of ether oxygens (including phenoxy) is 1. The first-order valence-electron chi connectivity index (χ1n) is 9.93. The van der Waals surface area contributed by atoms with Gasteiger partial charge in [-0.25, -0.2) is 0 Å². The minimum Gasteiger partial charge on any atom is -0.452 e. The Morgan fingerprint density at radius 2 is 1.93 bits per heavy atom. The van der Waals surface area contributed by atoms with Crippen molar-refractivity contribution in [3.05, 3.63) is 11.8 Å². The zero-order valence-corrected chi connectivity index (χ0v) is 16.5. The van der Waals surface area contributed by atoms with E-state index in [1.807, 2.05) is 0 Å². The van der Waals surface area contributed by atoms with Crippen LogP contribution in [0, 0.1) is 24.2 Å². The van der Waals surface area contributed by atoms with Gasteiger partial charge in [-0.2, -0.15) is 0 Å². The highest BCUT2D eigenvalue weighted by Gasteiger charge is 2.61. The Kier molecular flexibility index (Phi) is 4.47. The maximum absolute atomic E-state index is 13.1. The molecule has 0 aliphatic heterocycles. The molecule has 2 N–H and O–H groups in total. The average molecular weight is 389 g/mol. The van der Waals surface area contributed by atoms with E-state index in [9.17, 15) is 14.4 Å². The van der Waals surface area contributed by atoms with Crippen LogP contribution in [0.25, 0.3) is 0 Å². The van der Waals surface area contributed by atoms with E-state index in [4.69, 9.17) is 9.26 Å². The molecular formula is C20H27N3O5. The summed E-state index contributed by atoms with van der Waals surface area (Å²) >= 11 is 0. The maximum atomic E-state index is 13.1. The van der Waals surface area contributed by atoms with Gasteiger partial charge >= 0.3 is 5.97 Å². The summed E-state index contributed by atoms with van der Waals surface area (Å²) in [7, 11) is 0. The van der Waals surface area contributed by atoms with Crippen molar-refractivity contribution in [3.8, 4) is 0 Å². The van der Waals surface area contributed by atoms with Crippen LogP contribution in [-0.2, 0) is 19.1 Å². The summed E-state index contributed by atoms with van der Waals surface area (Å²) in [6.07, 6.45) is 4.19. The first-order chi connectivity index (χ1) is 13.2. The summed E-state index contributed by atoms with van der Waals surface area (Å²) < 4.78 is 10.5. The minimum atomic E-state index is -0.936. The lowest BCUT2D eigenvalue weighted by Crippen LogP contribution is -2.65. The molecule has 0 spiro atoms. The summed E-state index contributed by atoms with van der Waals surface area (Å²) in [5, 5.41) is 9.45. The molecule has 4 aliphatic rings. The molecule has 2 unspecified atom stereocenters. The lowest BCUT2D eigenvalue weighted by atomic mass is 9.47. The van der Waals surface area contributed by atoms with E-state index < -0.39 is 17.4 Å². The maximum Gasteiger partial charge on any atom is 0.312 e. The second kappa shape index (κ2) is 6.60. The first kappa shape index (κ1) is 19.0. The van der Waals surface area contributed by atoms with Gasteiger partial charge in [0.2, 0.25) is 5.91 Å². The summed E-state index contributed by atoms with van der Waals surface area (Å²) in [4.78, 5) is 37.3. The normalized spacial score (nSPS) is 34.0. The fraction of sp³-hybridized carbons (Fsp3) is 0.700. The highest BCUT2D eigenvalue weighted by Crippen LogP contribution is 2.62. The minimum absolute atomic E-state index is 0.0545. The lowest BCUT2D eigenvalue weighted by Gasteiger charge is -2.60. The van der Waals surface area contributed by atoms with Gasteiger partial charge < -0.3 is 19.9 Å². The van der Waals surface area contributed by atoms with Gasteiger partial charge in [0.1, 0.15) is 5.76 Å². The number of aromatic nitrogens is 1. The number of nitrogens with zero attached hydrogens (tertiary/aromatic N) is 1. The van der Waals surface area contributed by atoms with Gasteiger partial charge in [-0.1, -0.05) is 5.16 Å². The summed E-state index contributed by atoms with van der Waals surface area (Å²) in [5.74, 6) is 0.895. The summed E-state index contributed by atoms with van der Waals surface area (Å²) in [6, 6.07) is 1.60. The predicted molar refractivity (Wildman–Crippen MR) is 99.1 cm³/mol. The standard InChI is InChI=1S/C20H27N3O5/c1-11-4-16(23-28-11)21-17(25)12(2)27-18(26)19-6-14-5-15(7-19)9-20(8-14,10-19)22-13(3)24/h4,12,14-15H,5-10H2,1-3H3,(H,22,24)(H,21,23,25)/t12-,14-,15+,19?,20?/m1/s1. The number of amides is 2. The highest BCUT2D eigenvalue weighted by molar-refractivity contribution is 5.94. The van der Waals surface area contributed by atoms with E-state index in [0.29, 0.717) is 29.8 Å². The Labute approximate surface area is 163 Å². The van der Waals surface area contributed by atoms with Crippen molar-refractivity contribution in [1.82, 2.24) is 10.5 Å². The Morgan fingerprint density at radius 1 is 1.25 bits per heavy atom. The van der Waals surface area contributed by atoms with Crippen LogP contribution in [0.3, 0.4) is 0 Å². The molecule has 8 nitrogen and oxygen atoms in total. The molecule has 4 fully saturated rings. The largest absolute Gasteiger partial charge is 0.452 e. The van der Waals surface area contributed by atoms with Gasteiger partial charge in [0.05, 0.1) is 5.41 Å². The smallest absolute Gasteiger partial charge is 0.312 e. The Bertz CT molecular complexity index is 803. The van der Waals surface area contributed by atoms with Crippen LogP contribution in [0.1, 0.15) is 58.1 Å². The highest BCUT2D eigenvalue weighted by atomic mass is 16.5. The monoisotopic (exact) mass is 389 g/mol. The van der Waals surface area contributed by atoms with Crippen LogP contribution in [-0.4, -0.2) is 34.6 Å². The van der Waals surface area contributed by atoms with Crippen molar-refractivity contribution in [2.75, 3.05) is 5.32 Å². The summed E-state index contributed by atoms with van der Waals surface area (Å²) in [5.41, 5.74) is -0.912. The van der Waals surface area contributed by atoms with E-state index in [1.54, 1.807) is 19.9 Å². The van der Waals surface area contributed by atoms with Crippen molar-refractivity contribution in [3.63, 3.8) is 0 Å². The van der Waals surface area contributed by atoms with E-state index in [2.05, 4.69) is 15.8 Å². The van der Waals surface area contributed by atoms with Crippen molar-refractivity contribution >= 4 is 23.6 Å². The molecule has 5 rings (SSSR count). The third kappa shape index (κ3) is 3.40. The quantitative estimate of drug-likeness (QED) is 0.748. The second-order valence-corrected chi connectivity index (χ2v) is 9.06. The number of rotatable bonds is 5. The Morgan fingerprint density at radius 3 is 2.50 bits per heavy atom. The topological polar surface area (TPSA) is 111 Å². The zero-order valence-electron chi connectivity index (χ0n) is 16.5. The SMILES string of the molecule is CC(=O)NC12C[C@H]3C[C@@H](C1)CC(C(=O)O[C@H](C)C(=O)Nc1cc(C)on1)(C3)C2. The van der Waals surface area contributed by atoms with Gasteiger partial charge in [-0.3, -0.25) is 14.4 Å². The van der Waals surface area contributed by atoms with Crippen molar-refractivity contribution in [1.29, 1.82) is 0 Å². The molecule has 4 aliphatic carbocycles. The van der Waals surface area contributed by atoms with Gasteiger partial charge in [-0.05, 0) is 64.2 Å². The van der Waals surface area contributed by atoms with Gasteiger partial charge in [-0.15, -0.1) is 0 Å². The molecule has 4 saturated carbocycles. The molecule has 0 aromatic carbocycles. The predicted octanol–water partition coefficient (Wildman–Crippen LogP) is 2.33. The van der Waals surface area contributed by atoms with E-state index in [0.717, 1.165) is 32.1 Å². The van der Waals surface area contributed by atoms with Gasteiger partial charge in [0, 0.05) is 18.5 Å². The number of carbonyl (C=O) groups is 3. The second-order valence-electron chi connectivity index (χ2n) is 9.06. The van der Waals surface area contributed by atoms with Crippen LogP contribution >= 0.6 is 0 Å². The van der Waals surface area contributed by atoms with Crippen LogP contribution in [0.4, 0.5) is 5.82 Å². The molecule has 4 bridgehead atoms. The van der Waals surface area contributed by atoms with Gasteiger partial charge in [0.15, 0.2) is 11.9 Å². The fourth-order valence-corrected chi connectivity index (χ4v) is 6.01. The number of carbonyl (C=O) groups excluding carboxylic acids is 3. The molecule has 0 saturated heterocycles. The number of hydrogen-bond donors (Lipinski definition) is 2. The van der Waals surface area contributed by atoms with Crippen LogP contribution in [0.15, 0.2) is 10.6 Å². The molecule has 8 heteroatoms. The zero-order chi connectivity index (χ0) is 20.1. The van der Waals surface area contributed by atoms with E-state index in [1.165, 1.54) is 6.92 Å². The summed E-state index contributed by atoms with van der Waals surface area (Å²) in [6.45, 7) is 4.82. The lowest BCUT2D eigenvalue weighted by molar-refractivity contribution is -0.181. The van der Waals surface area contributed by atoms with Crippen LogP contribution in [0.5, 0.6) is 0 Å². The fourth-order valence-electron chi connectivity index (χ4n) is 6.01. The molecule has 2 amide bonds. The van der Waals surface area contributed by atoms with Crippen molar-refractivity contribution in [2.24, 2.45) is 17.3 Å². The molecule has 5 atom stereocenters. The third-order valence-corrected chi connectivity index (χ3v) is 6.47. The molecule has 1 aromatic heterocycles. The molecular weight excluding hydrogens is 362 g/mol. The van der Waals surface area contributed by atoms with Crippen molar-refractivity contribution < 1.29 is 23.6 Å². The average Bonchev–Trinajstić information content (AvgIpc) is 2.97. The van der Waals surface area contributed by atoms with Crippen LogP contribution < -0.4 is 10.6 Å². The van der Waals surface area contributed by atoms with E-state index in [-0.39, 0.29) is 17.4 Å². The van der Waals surface area contributed by atoms with E-state index >= 15 is 0 Å². The molecule has 1 aromatic rings. The number of anilines is 1. The molecule has 152 valence electrons. The number of nitrogens with one attached hydrogen (secondary N) is 2. The first-order valence-corrected chi connectivity index (χ1v) is 9.93.